The zero-order chi connectivity index (χ0) is 18.7. The Bertz CT molecular complexity index is 1020. The highest BCUT2D eigenvalue weighted by Crippen LogP contribution is 2.30. The number of carbonyl (C=O) groups excluding carboxylic acids is 1. The molecule has 3 rings (SSSR count). The van der Waals surface area contributed by atoms with Crippen LogP contribution in [0, 0.1) is 0 Å². The predicted octanol–water partition coefficient (Wildman–Crippen LogP) is 2.84. The van der Waals surface area contributed by atoms with Gasteiger partial charge >= 0.3 is 11.9 Å². The van der Waals surface area contributed by atoms with Crippen LogP contribution < -0.4 is 11.0 Å². The summed E-state index contributed by atoms with van der Waals surface area (Å²) < 4.78 is 39.3. The average molecular weight is 380 g/mol. The molecule has 6 nitrogen and oxygen atoms in total. The fourth-order valence-corrected chi connectivity index (χ4v) is 2.74. The van der Waals surface area contributed by atoms with Crippen molar-refractivity contribution < 1.29 is 18.0 Å². The maximum Gasteiger partial charge on any atom is 0.416 e. The molecule has 0 bridgehead atoms. The molecule has 2 heterocycles. The number of amides is 1. The summed E-state index contributed by atoms with van der Waals surface area (Å²) in [4.78, 5) is 31.7. The zero-order valence-electron chi connectivity index (χ0n) is 13.0. The summed E-state index contributed by atoms with van der Waals surface area (Å²) in [6.45, 7) is 0. The van der Waals surface area contributed by atoms with Crippen LogP contribution in [-0.2, 0) is 11.0 Å². The van der Waals surface area contributed by atoms with Crippen molar-refractivity contribution >= 4 is 29.0 Å². The molecule has 0 atom stereocenters. The van der Waals surface area contributed by atoms with Gasteiger partial charge in [-0.1, -0.05) is 23.9 Å². The maximum atomic E-state index is 12.7. The average Bonchev–Trinajstić information content (AvgIpc) is 2.59. The van der Waals surface area contributed by atoms with Gasteiger partial charge in [0.05, 0.1) is 11.3 Å². The summed E-state index contributed by atoms with van der Waals surface area (Å²) in [6, 6.07) is 9.32. The lowest BCUT2D eigenvalue weighted by atomic mass is 10.2. The Kier molecular flexibility index (Phi) is 4.94. The number of pyridine rings is 1. The van der Waals surface area contributed by atoms with Gasteiger partial charge in [-0.05, 0) is 30.3 Å². The minimum atomic E-state index is -4.49. The summed E-state index contributed by atoms with van der Waals surface area (Å²) in [6.07, 6.45) is -2.97. The van der Waals surface area contributed by atoms with Gasteiger partial charge in [0, 0.05) is 11.9 Å². The zero-order valence-corrected chi connectivity index (χ0v) is 13.8. The molecular weight excluding hydrogens is 369 g/mol. The van der Waals surface area contributed by atoms with E-state index >= 15 is 0 Å². The number of nitrogens with one attached hydrogen (secondary N) is 1. The second-order valence-corrected chi connectivity index (χ2v) is 6.08. The number of hydrogen-bond donors (Lipinski definition) is 1. The van der Waals surface area contributed by atoms with E-state index in [1.807, 2.05) is 0 Å². The van der Waals surface area contributed by atoms with Crippen molar-refractivity contribution in [3.63, 3.8) is 0 Å². The Morgan fingerprint density at radius 3 is 2.73 bits per heavy atom. The number of anilines is 1. The second-order valence-electron chi connectivity index (χ2n) is 5.13. The van der Waals surface area contributed by atoms with Crippen molar-refractivity contribution in [3.05, 3.63) is 64.7 Å². The second kappa shape index (κ2) is 7.16. The third kappa shape index (κ3) is 4.20. The first-order valence-electron chi connectivity index (χ1n) is 7.28. The van der Waals surface area contributed by atoms with Crippen LogP contribution in [0.1, 0.15) is 5.56 Å². The fraction of sp³-hybridized carbons (Fsp3) is 0.125. The third-order valence-corrected chi connectivity index (χ3v) is 4.10. The Labute approximate surface area is 149 Å². The fourth-order valence-electron chi connectivity index (χ4n) is 2.11. The Morgan fingerprint density at radius 1 is 1.15 bits per heavy atom. The Balaban J connectivity index is 1.67. The first-order valence-corrected chi connectivity index (χ1v) is 8.27. The number of nitrogens with zero attached hydrogens (tertiary/aromatic N) is 3. The molecule has 0 unspecified atom stereocenters. The van der Waals surface area contributed by atoms with E-state index in [0.29, 0.717) is 5.65 Å². The highest BCUT2D eigenvalue weighted by molar-refractivity contribution is 7.99. The van der Waals surface area contributed by atoms with Crippen molar-refractivity contribution in [2.24, 2.45) is 0 Å². The summed E-state index contributed by atoms with van der Waals surface area (Å²) in [5.74, 6) is -0.690. The molecule has 0 radical (unpaired) electrons. The predicted molar refractivity (Wildman–Crippen MR) is 90.1 cm³/mol. The van der Waals surface area contributed by atoms with Gasteiger partial charge in [0.25, 0.3) is 0 Å². The molecule has 2 aromatic heterocycles. The summed E-state index contributed by atoms with van der Waals surface area (Å²) in [5.41, 5.74) is -0.969. The summed E-state index contributed by atoms with van der Waals surface area (Å²) in [7, 11) is 0. The number of carbonyl (C=O) groups is 1. The van der Waals surface area contributed by atoms with Gasteiger partial charge in [-0.15, -0.1) is 0 Å². The van der Waals surface area contributed by atoms with Crippen molar-refractivity contribution in [3.8, 4) is 0 Å². The van der Waals surface area contributed by atoms with Gasteiger partial charge in [0.2, 0.25) is 5.91 Å². The largest absolute Gasteiger partial charge is 0.416 e. The van der Waals surface area contributed by atoms with Crippen LogP contribution in [0.2, 0.25) is 0 Å². The highest BCUT2D eigenvalue weighted by atomic mass is 32.2. The van der Waals surface area contributed by atoms with Crippen molar-refractivity contribution in [1.29, 1.82) is 0 Å². The topological polar surface area (TPSA) is 76.4 Å². The van der Waals surface area contributed by atoms with E-state index in [1.165, 1.54) is 22.7 Å². The molecular formula is C16H11F3N4O2S. The van der Waals surface area contributed by atoms with E-state index in [0.717, 1.165) is 23.9 Å². The van der Waals surface area contributed by atoms with Gasteiger partial charge in [-0.2, -0.15) is 18.2 Å². The van der Waals surface area contributed by atoms with Crippen LogP contribution in [0.5, 0.6) is 0 Å². The smallest absolute Gasteiger partial charge is 0.325 e. The molecule has 1 aromatic carbocycles. The number of benzene rings is 1. The van der Waals surface area contributed by atoms with Gasteiger partial charge in [-0.3, -0.25) is 9.20 Å². The molecule has 26 heavy (non-hydrogen) atoms. The van der Waals surface area contributed by atoms with Crippen LogP contribution >= 0.6 is 11.8 Å². The molecule has 0 saturated heterocycles. The molecule has 134 valence electrons. The van der Waals surface area contributed by atoms with Gasteiger partial charge < -0.3 is 5.32 Å². The number of alkyl halides is 3. The molecule has 0 saturated carbocycles. The van der Waals surface area contributed by atoms with Crippen molar-refractivity contribution in [2.45, 2.75) is 11.3 Å². The van der Waals surface area contributed by atoms with E-state index in [4.69, 9.17) is 0 Å². The van der Waals surface area contributed by atoms with Crippen LogP contribution in [0.25, 0.3) is 5.65 Å². The van der Waals surface area contributed by atoms with E-state index in [9.17, 15) is 22.8 Å². The lowest BCUT2D eigenvalue weighted by Gasteiger charge is -2.09. The summed E-state index contributed by atoms with van der Waals surface area (Å²) in [5, 5.41) is 2.49. The number of fused-ring (bicyclic) bond motifs is 1. The normalized spacial score (nSPS) is 11.5. The molecule has 0 aliphatic carbocycles. The maximum absolute atomic E-state index is 12.7. The van der Waals surface area contributed by atoms with Crippen LogP contribution in [0.4, 0.5) is 18.9 Å². The lowest BCUT2D eigenvalue weighted by Crippen LogP contribution is -2.20. The number of thioether (sulfide) groups is 1. The minimum absolute atomic E-state index is 0.0323. The number of rotatable bonds is 4. The Morgan fingerprint density at radius 2 is 1.96 bits per heavy atom. The SMILES string of the molecule is O=C(CSc1nc(=O)n2ccccc2n1)Nc1cccc(C(F)(F)F)c1. The van der Waals surface area contributed by atoms with Crippen molar-refractivity contribution in [2.75, 3.05) is 11.1 Å². The first-order chi connectivity index (χ1) is 12.3. The van der Waals surface area contributed by atoms with E-state index in [1.54, 1.807) is 18.2 Å². The van der Waals surface area contributed by atoms with E-state index in [2.05, 4.69) is 15.3 Å². The molecule has 10 heteroatoms. The molecule has 0 spiro atoms. The van der Waals surface area contributed by atoms with Gasteiger partial charge in [0.1, 0.15) is 5.65 Å². The molecule has 0 fully saturated rings. The van der Waals surface area contributed by atoms with Crippen molar-refractivity contribution in [1.82, 2.24) is 14.4 Å². The van der Waals surface area contributed by atoms with Crippen LogP contribution in [0.3, 0.4) is 0 Å². The highest BCUT2D eigenvalue weighted by Gasteiger charge is 2.30. The van der Waals surface area contributed by atoms with Gasteiger partial charge in [0.15, 0.2) is 5.16 Å². The molecule has 0 aliphatic rings. The molecule has 0 aliphatic heterocycles. The monoisotopic (exact) mass is 380 g/mol. The van der Waals surface area contributed by atoms with Crippen LogP contribution in [-0.4, -0.2) is 26.0 Å². The van der Waals surface area contributed by atoms with E-state index < -0.39 is 23.3 Å². The van der Waals surface area contributed by atoms with E-state index in [-0.39, 0.29) is 16.6 Å². The minimum Gasteiger partial charge on any atom is -0.325 e. The van der Waals surface area contributed by atoms with Gasteiger partial charge in [-0.25, -0.2) is 9.78 Å². The number of aromatic nitrogens is 3. The third-order valence-electron chi connectivity index (χ3n) is 3.25. The first kappa shape index (κ1) is 17.9. The number of halogens is 3. The van der Waals surface area contributed by atoms with Crippen LogP contribution in [0.15, 0.2) is 58.6 Å². The summed E-state index contributed by atoms with van der Waals surface area (Å²) >= 11 is 0.917. The molecule has 1 amide bonds. The lowest BCUT2D eigenvalue weighted by molar-refractivity contribution is -0.137. The standard InChI is InChI=1S/C16H11F3N4O2S/c17-16(18,19)10-4-3-5-11(8-10)20-13(24)9-26-14-21-12-6-1-2-7-23(12)15(25)22-14/h1-8H,9H2,(H,20,24). The Hall–Kier alpha value is -2.88. The molecule has 1 N–H and O–H groups in total. The quantitative estimate of drug-likeness (QED) is 0.705. The number of hydrogen-bond acceptors (Lipinski definition) is 5. The molecule has 3 aromatic rings.